The van der Waals surface area contributed by atoms with E-state index >= 15 is 0 Å². The number of rotatable bonds is 3. The molecule has 20 heavy (non-hydrogen) atoms. The van der Waals surface area contributed by atoms with E-state index in [2.05, 4.69) is 11.1 Å². The number of carbonyl (C=O) groups excluding carboxylic acids is 1. The SMILES string of the molecule is CCOC(=O)c1cnc2cc(C3CC3)c(C#N)cc2c1. The Bertz CT molecular complexity index is 727. The smallest absolute Gasteiger partial charge is 0.339 e. The first-order valence-corrected chi connectivity index (χ1v) is 6.74. The van der Waals surface area contributed by atoms with Crippen LogP contribution < -0.4 is 0 Å². The monoisotopic (exact) mass is 266 g/mol. The van der Waals surface area contributed by atoms with Crippen molar-refractivity contribution in [2.24, 2.45) is 0 Å². The maximum atomic E-state index is 11.7. The maximum absolute atomic E-state index is 11.7. The standard InChI is InChI=1S/C16H14N2O2/c1-2-20-16(19)13-6-11-5-12(8-17)14(10-3-4-10)7-15(11)18-9-13/h5-7,9-10H,2-4H2,1H3. The quantitative estimate of drug-likeness (QED) is 0.800. The van der Waals surface area contributed by atoms with Gasteiger partial charge in [-0.25, -0.2) is 4.79 Å². The van der Waals surface area contributed by atoms with Crippen LogP contribution in [0.15, 0.2) is 24.4 Å². The second-order valence-electron chi connectivity index (χ2n) is 4.96. The van der Waals surface area contributed by atoms with Crippen molar-refractivity contribution in [2.75, 3.05) is 6.61 Å². The lowest BCUT2D eigenvalue weighted by Crippen LogP contribution is -2.05. The first kappa shape index (κ1) is 12.6. The van der Waals surface area contributed by atoms with E-state index in [1.807, 2.05) is 12.1 Å². The average molecular weight is 266 g/mol. The number of hydrogen-bond acceptors (Lipinski definition) is 4. The Kier molecular flexibility index (Phi) is 3.11. The molecule has 1 heterocycles. The highest BCUT2D eigenvalue weighted by molar-refractivity contribution is 5.94. The van der Waals surface area contributed by atoms with E-state index in [-0.39, 0.29) is 5.97 Å². The van der Waals surface area contributed by atoms with Gasteiger partial charge < -0.3 is 4.74 Å². The van der Waals surface area contributed by atoms with Crippen molar-refractivity contribution in [3.05, 3.63) is 41.1 Å². The summed E-state index contributed by atoms with van der Waals surface area (Å²) in [7, 11) is 0. The van der Waals surface area contributed by atoms with Crippen molar-refractivity contribution in [3.8, 4) is 6.07 Å². The molecule has 3 rings (SSSR count). The van der Waals surface area contributed by atoms with Gasteiger partial charge in [0.2, 0.25) is 0 Å². The molecular weight excluding hydrogens is 252 g/mol. The molecule has 1 aliphatic rings. The van der Waals surface area contributed by atoms with Gasteiger partial charge in [-0.05, 0) is 49.4 Å². The van der Waals surface area contributed by atoms with Gasteiger partial charge in [0.15, 0.2) is 0 Å². The Morgan fingerprint density at radius 2 is 2.25 bits per heavy atom. The van der Waals surface area contributed by atoms with Crippen LogP contribution >= 0.6 is 0 Å². The van der Waals surface area contributed by atoms with Gasteiger partial charge in [0.25, 0.3) is 0 Å². The number of nitrogens with zero attached hydrogens (tertiary/aromatic N) is 2. The van der Waals surface area contributed by atoms with E-state index < -0.39 is 0 Å². The van der Waals surface area contributed by atoms with E-state index in [1.165, 1.54) is 6.20 Å². The summed E-state index contributed by atoms with van der Waals surface area (Å²) < 4.78 is 4.96. The summed E-state index contributed by atoms with van der Waals surface area (Å²) in [6.45, 7) is 2.10. The summed E-state index contributed by atoms with van der Waals surface area (Å²) in [5.41, 5.74) is 3.00. The van der Waals surface area contributed by atoms with Crippen LogP contribution in [0.1, 0.15) is 47.2 Å². The molecule has 0 aliphatic heterocycles. The van der Waals surface area contributed by atoms with Gasteiger partial charge >= 0.3 is 5.97 Å². The first-order chi connectivity index (χ1) is 9.72. The summed E-state index contributed by atoms with van der Waals surface area (Å²) >= 11 is 0. The third-order valence-corrected chi connectivity index (χ3v) is 3.50. The summed E-state index contributed by atoms with van der Waals surface area (Å²) in [6, 6.07) is 7.76. The van der Waals surface area contributed by atoms with Crippen LogP contribution in [0.4, 0.5) is 0 Å². The summed E-state index contributed by atoms with van der Waals surface area (Å²) in [5, 5.41) is 10.1. The summed E-state index contributed by atoms with van der Waals surface area (Å²) in [5.74, 6) is 0.118. The fourth-order valence-electron chi connectivity index (χ4n) is 2.35. The second kappa shape index (κ2) is 4.93. The molecule has 1 saturated carbocycles. The van der Waals surface area contributed by atoms with Crippen molar-refractivity contribution in [1.29, 1.82) is 5.26 Å². The van der Waals surface area contributed by atoms with Gasteiger partial charge in [0.05, 0.1) is 29.3 Å². The lowest BCUT2D eigenvalue weighted by atomic mass is 10.0. The molecule has 1 fully saturated rings. The van der Waals surface area contributed by atoms with Crippen LogP contribution in [0.5, 0.6) is 0 Å². The average Bonchev–Trinajstić information content (AvgIpc) is 3.30. The van der Waals surface area contributed by atoms with Gasteiger partial charge in [-0.2, -0.15) is 5.26 Å². The Morgan fingerprint density at radius 1 is 1.45 bits per heavy atom. The number of esters is 1. The number of hydrogen-bond donors (Lipinski definition) is 0. The second-order valence-corrected chi connectivity index (χ2v) is 4.96. The number of ether oxygens (including phenoxy) is 1. The molecule has 4 heteroatoms. The molecule has 0 bridgehead atoms. The van der Waals surface area contributed by atoms with Crippen molar-refractivity contribution in [3.63, 3.8) is 0 Å². The Balaban J connectivity index is 2.08. The molecule has 0 radical (unpaired) electrons. The lowest BCUT2D eigenvalue weighted by molar-refractivity contribution is 0.0526. The molecule has 0 atom stereocenters. The predicted octanol–water partition coefficient (Wildman–Crippen LogP) is 3.16. The highest BCUT2D eigenvalue weighted by Gasteiger charge is 2.26. The van der Waals surface area contributed by atoms with E-state index in [0.29, 0.717) is 23.7 Å². The summed E-state index contributed by atoms with van der Waals surface area (Å²) in [4.78, 5) is 16.0. The van der Waals surface area contributed by atoms with E-state index in [9.17, 15) is 10.1 Å². The van der Waals surface area contributed by atoms with E-state index in [1.54, 1.807) is 13.0 Å². The zero-order valence-electron chi connectivity index (χ0n) is 11.2. The number of fused-ring (bicyclic) bond motifs is 1. The van der Waals surface area contributed by atoms with Crippen LogP contribution in [0.3, 0.4) is 0 Å². The van der Waals surface area contributed by atoms with E-state index in [4.69, 9.17) is 4.74 Å². The van der Waals surface area contributed by atoms with Crippen LogP contribution in [-0.2, 0) is 4.74 Å². The van der Waals surface area contributed by atoms with Crippen LogP contribution in [0, 0.1) is 11.3 Å². The first-order valence-electron chi connectivity index (χ1n) is 6.74. The van der Waals surface area contributed by atoms with Crippen molar-refractivity contribution in [1.82, 2.24) is 4.98 Å². The minimum absolute atomic E-state index is 0.334. The fourth-order valence-corrected chi connectivity index (χ4v) is 2.35. The largest absolute Gasteiger partial charge is 0.462 e. The third kappa shape index (κ3) is 2.23. The molecule has 2 aromatic rings. The number of carbonyl (C=O) groups is 1. The number of benzene rings is 1. The topological polar surface area (TPSA) is 63.0 Å². The lowest BCUT2D eigenvalue weighted by Gasteiger charge is -2.06. The zero-order chi connectivity index (χ0) is 14.1. The van der Waals surface area contributed by atoms with Crippen molar-refractivity contribution in [2.45, 2.75) is 25.7 Å². The van der Waals surface area contributed by atoms with Crippen LogP contribution in [0.2, 0.25) is 0 Å². The molecule has 0 spiro atoms. The van der Waals surface area contributed by atoms with Gasteiger partial charge in [0, 0.05) is 11.6 Å². The van der Waals surface area contributed by atoms with Crippen molar-refractivity contribution >= 4 is 16.9 Å². The van der Waals surface area contributed by atoms with E-state index in [0.717, 1.165) is 29.3 Å². The molecule has 100 valence electrons. The normalized spacial score (nSPS) is 14.0. The van der Waals surface area contributed by atoms with Crippen LogP contribution in [0.25, 0.3) is 10.9 Å². The molecular formula is C16H14N2O2. The number of nitriles is 1. The van der Waals surface area contributed by atoms with Gasteiger partial charge in [-0.15, -0.1) is 0 Å². The molecule has 0 N–H and O–H groups in total. The molecule has 1 aromatic carbocycles. The Hall–Kier alpha value is -2.41. The highest BCUT2D eigenvalue weighted by atomic mass is 16.5. The molecule has 0 saturated heterocycles. The third-order valence-electron chi connectivity index (χ3n) is 3.50. The molecule has 1 aromatic heterocycles. The van der Waals surface area contributed by atoms with Gasteiger partial charge in [0.1, 0.15) is 0 Å². The fraction of sp³-hybridized carbons (Fsp3) is 0.312. The Labute approximate surface area is 117 Å². The van der Waals surface area contributed by atoms with Crippen molar-refractivity contribution < 1.29 is 9.53 Å². The zero-order valence-corrected chi connectivity index (χ0v) is 11.2. The highest BCUT2D eigenvalue weighted by Crippen LogP contribution is 2.42. The maximum Gasteiger partial charge on any atom is 0.339 e. The predicted molar refractivity (Wildman–Crippen MR) is 74.4 cm³/mol. The minimum Gasteiger partial charge on any atom is -0.462 e. The minimum atomic E-state index is -0.383. The van der Waals surface area contributed by atoms with Gasteiger partial charge in [-0.1, -0.05) is 0 Å². The molecule has 1 aliphatic carbocycles. The summed E-state index contributed by atoms with van der Waals surface area (Å²) in [6.07, 6.45) is 3.81. The number of aromatic nitrogens is 1. The number of pyridine rings is 1. The van der Waals surface area contributed by atoms with Gasteiger partial charge in [-0.3, -0.25) is 4.98 Å². The molecule has 0 unspecified atom stereocenters. The molecule has 4 nitrogen and oxygen atoms in total. The van der Waals surface area contributed by atoms with Crippen LogP contribution in [-0.4, -0.2) is 17.6 Å². The molecule has 0 amide bonds. The Morgan fingerprint density at radius 3 is 2.90 bits per heavy atom.